The Balaban J connectivity index is -0.000000154. The van der Waals surface area contributed by atoms with Crippen molar-refractivity contribution in [3.8, 4) is 0 Å². The molecular formula is C14H29N. The topological polar surface area (TPSA) is 12.9 Å². The Labute approximate surface area is 97.0 Å². The first-order valence-corrected chi connectivity index (χ1v) is 6.09. The second-order valence-electron chi connectivity index (χ2n) is 2.94. The van der Waals surface area contributed by atoms with Crippen LogP contribution < -0.4 is 0 Å². The molecule has 0 spiro atoms. The van der Waals surface area contributed by atoms with Gasteiger partial charge in [-0.1, -0.05) is 54.4 Å². The van der Waals surface area contributed by atoms with Gasteiger partial charge in [0.15, 0.2) is 0 Å². The molecule has 0 bridgehead atoms. The van der Waals surface area contributed by atoms with E-state index in [9.17, 15) is 0 Å². The van der Waals surface area contributed by atoms with Crippen molar-refractivity contribution >= 4 is 0 Å². The smallest absolute Gasteiger partial charge is 0.0270 e. The molecule has 0 aromatic carbocycles. The third-order valence-electron chi connectivity index (χ3n) is 0.847. The van der Waals surface area contributed by atoms with Crippen molar-refractivity contribution < 1.29 is 0 Å². The number of nitrogens with zero attached hydrogens (tertiary/aromatic N) is 1. The maximum absolute atomic E-state index is 3.85. The highest BCUT2D eigenvalue weighted by atomic mass is 14.6. The van der Waals surface area contributed by atoms with E-state index >= 15 is 0 Å². The predicted molar refractivity (Wildman–Crippen MR) is 72.3 cm³/mol. The summed E-state index contributed by atoms with van der Waals surface area (Å²) in [5, 5.41) is 0. The van der Waals surface area contributed by atoms with E-state index in [0.29, 0.717) is 0 Å². The fourth-order valence-electron chi connectivity index (χ4n) is 0.426. The van der Waals surface area contributed by atoms with Gasteiger partial charge in [0.05, 0.1) is 0 Å². The molecule has 0 amide bonds. The minimum Gasteiger partial charge on any atom is -0.265 e. The molecule has 1 heteroatoms. The summed E-state index contributed by atoms with van der Waals surface area (Å²) >= 11 is 0. The molecule has 0 N–H and O–H groups in total. The molecule has 1 aromatic heterocycles. The average molecular weight is 211 g/mol. The molecule has 1 heterocycles. The summed E-state index contributed by atoms with van der Waals surface area (Å²) in [6, 6.07) is 3.94. The standard InChI is InChI=1S/C6H7N.2C3H8.C2H6/c1-6-2-4-7-5-3-6;2*1-3-2;1-2/h2-5H,1H3;2*3H2,1-2H3;1-2H3. The molecule has 0 radical (unpaired) electrons. The number of aromatic nitrogens is 1. The van der Waals surface area contributed by atoms with Crippen molar-refractivity contribution in [3.63, 3.8) is 0 Å². The highest BCUT2D eigenvalue weighted by Gasteiger charge is 1.72. The maximum atomic E-state index is 3.85. The lowest BCUT2D eigenvalue weighted by atomic mass is 10.3. The maximum Gasteiger partial charge on any atom is 0.0270 e. The SMILES string of the molecule is CC.CCC.CCC.Cc1ccncc1. The van der Waals surface area contributed by atoms with E-state index in [-0.39, 0.29) is 0 Å². The molecular weight excluding hydrogens is 182 g/mol. The summed E-state index contributed by atoms with van der Waals surface area (Å²) in [4.78, 5) is 3.85. The molecule has 0 aliphatic heterocycles. The van der Waals surface area contributed by atoms with Gasteiger partial charge in [0, 0.05) is 12.4 Å². The molecule has 0 saturated heterocycles. The Kier molecular flexibility index (Phi) is 30.4. The van der Waals surface area contributed by atoms with E-state index in [0.717, 1.165) is 0 Å². The van der Waals surface area contributed by atoms with E-state index in [2.05, 4.69) is 32.7 Å². The van der Waals surface area contributed by atoms with Gasteiger partial charge in [-0.2, -0.15) is 0 Å². The van der Waals surface area contributed by atoms with Gasteiger partial charge in [0.1, 0.15) is 0 Å². The van der Waals surface area contributed by atoms with E-state index in [4.69, 9.17) is 0 Å². The van der Waals surface area contributed by atoms with Crippen LogP contribution in [0.15, 0.2) is 24.5 Å². The van der Waals surface area contributed by atoms with Crippen LogP contribution in [-0.4, -0.2) is 4.98 Å². The monoisotopic (exact) mass is 211 g/mol. The molecule has 1 nitrogen and oxygen atoms in total. The molecule has 1 rings (SSSR count). The van der Waals surface area contributed by atoms with Gasteiger partial charge < -0.3 is 0 Å². The third-order valence-corrected chi connectivity index (χ3v) is 0.847. The fraction of sp³-hybridized carbons (Fsp3) is 0.643. The second kappa shape index (κ2) is 23.2. The molecule has 15 heavy (non-hydrogen) atoms. The zero-order valence-electron chi connectivity index (χ0n) is 11.7. The van der Waals surface area contributed by atoms with Crippen molar-refractivity contribution in [2.45, 2.75) is 61.3 Å². The van der Waals surface area contributed by atoms with Crippen LogP contribution in [0.25, 0.3) is 0 Å². The summed E-state index contributed by atoms with van der Waals surface area (Å²) in [5.74, 6) is 0. The Morgan fingerprint density at radius 3 is 1.27 bits per heavy atom. The third kappa shape index (κ3) is 32.0. The summed E-state index contributed by atoms with van der Waals surface area (Å²) in [6.45, 7) is 14.5. The predicted octanol–water partition coefficient (Wildman–Crippen LogP) is 5.25. The van der Waals surface area contributed by atoms with Gasteiger partial charge in [0.25, 0.3) is 0 Å². The van der Waals surface area contributed by atoms with Crippen molar-refractivity contribution in [2.24, 2.45) is 0 Å². The van der Waals surface area contributed by atoms with Gasteiger partial charge in [-0.05, 0) is 24.6 Å². The van der Waals surface area contributed by atoms with Crippen LogP contribution in [0.5, 0.6) is 0 Å². The van der Waals surface area contributed by atoms with Gasteiger partial charge in [-0.15, -0.1) is 0 Å². The largest absolute Gasteiger partial charge is 0.265 e. The molecule has 1 aromatic rings. The van der Waals surface area contributed by atoms with Gasteiger partial charge in [-0.3, -0.25) is 4.98 Å². The quantitative estimate of drug-likeness (QED) is 0.571. The van der Waals surface area contributed by atoms with E-state index in [1.54, 1.807) is 12.4 Å². The molecule has 0 atom stereocenters. The molecule has 90 valence electrons. The lowest BCUT2D eigenvalue weighted by Gasteiger charge is -1.82. The fourth-order valence-corrected chi connectivity index (χ4v) is 0.426. The first-order valence-electron chi connectivity index (χ1n) is 6.09. The number of rotatable bonds is 0. The Morgan fingerprint density at radius 2 is 1.13 bits per heavy atom. The molecule has 0 aliphatic rings. The highest BCUT2D eigenvalue weighted by molar-refractivity contribution is 5.05. The van der Waals surface area contributed by atoms with Crippen molar-refractivity contribution in [3.05, 3.63) is 30.1 Å². The van der Waals surface area contributed by atoms with Gasteiger partial charge in [-0.25, -0.2) is 0 Å². The van der Waals surface area contributed by atoms with Crippen LogP contribution in [0.4, 0.5) is 0 Å². The van der Waals surface area contributed by atoms with E-state index in [1.165, 1.54) is 18.4 Å². The molecule has 0 aliphatic carbocycles. The van der Waals surface area contributed by atoms with Crippen LogP contribution in [0.2, 0.25) is 0 Å². The highest BCUT2D eigenvalue weighted by Crippen LogP contribution is 1.88. The lowest BCUT2D eigenvalue weighted by molar-refractivity contribution is 1.09. The van der Waals surface area contributed by atoms with Crippen LogP contribution in [0.3, 0.4) is 0 Å². The van der Waals surface area contributed by atoms with Crippen molar-refractivity contribution in [2.75, 3.05) is 0 Å². The number of hydrogen-bond donors (Lipinski definition) is 0. The number of pyridine rings is 1. The van der Waals surface area contributed by atoms with E-state index < -0.39 is 0 Å². The van der Waals surface area contributed by atoms with Crippen molar-refractivity contribution in [1.82, 2.24) is 4.98 Å². The summed E-state index contributed by atoms with van der Waals surface area (Å²) in [5.41, 5.74) is 1.26. The Morgan fingerprint density at radius 1 is 0.867 bits per heavy atom. The Hall–Kier alpha value is -0.850. The second-order valence-corrected chi connectivity index (χ2v) is 2.94. The van der Waals surface area contributed by atoms with Crippen molar-refractivity contribution in [1.29, 1.82) is 0 Å². The number of aryl methyl sites for hydroxylation is 1. The number of hydrogen-bond acceptors (Lipinski definition) is 1. The molecule has 0 saturated carbocycles. The summed E-state index contributed by atoms with van der Waals surface area (Å²) in [7, 11) is 0. The minimum atomic E-state index is 1.25. The molecule has 0 fully saturated rings. The van der Waals surface area contributed by atoms with Crippen LogP contribution in [0.1, 0.15) is 59.9 Å². The lowest BCUT2D eigenvalue weighted by Crippen LogP contribution is -1.68. The summed E-state index contributed by atoms with van der Waals surface area (Å²) in [6.07, 6.45) is 6.07. The summed E-state index contributed by atoms with van der Waals surface area (Å²) < 4.78 is 0. The Bertz CT molecular complexity index is 156. The zero-order valence-corrected chi connectivity index (χ0v) is 11.7. The van der Waals surface area contributed by atoms with Gasteiger partial charge in [0.2, 0.25) is 0 Å². The minimum absolute atomic E-state index is 1.25. The first-order chi connectivity index (χ1) is 7.22. The van der Waals surface area contributed by atoms with Crippen LogP contribution in [-0.2, 0) is 0 Å². The van der Waals surface area contributed by atoms with Crippen LogP contribution in [0, 0.1) is 6.92 Å². The van der Waals surface area contributed by atoms with Gasteiger partial charge >= 0.3 is 0 Å². The zero-order chi connectivity index (χ0) is 12.5. The molecule has 0 unspecified atom stereocenters. The normalized spacial score (nSPS) is 6.87. The average Bonchev–Trinajstić information content (AvgIpc) is 2.24. The van der Waals surface area contributed by atoms with Crippen LogP contribution >= 0.6 is 0 Å². The first kappa shape index (κ1) is 19.7. The van der Waals surface area contributed by atoms with E-state index in [1.807, 2.05) is 32.9 Å².